The molecule has 9 heteroatoms. The molecule has 0 saturated carbocycles. The number of aromatic nitrogens is 2. The van der Waals surface area contributed by atoms with Crippen LogP contribution in [-0.2, 0) is 0 Å². The summed E-state index contributed by atoms with van der Waals surface area (Å²) < 4.78 is 15.6. The number of fused-ring (bicyclic) bond motifs is 1. The van der Waals surface area contributed by atoms with E-state index >= 15 is 0 Å². The minimum atomic E-state index is -0.580. The molecule has 0 fully saturated rings. The van der Waals surface area contributed by atoms with Crippen LogP contribution in [0.25, 0.3) is 37.6 Å². The Labute approximate surface area is 122 Å². The third-order valence-electron chi connectivity index (χ3n) is 3.06. The van der Waals surface area contributed by atoms with Gasteiger partial charge in [0.1, 0.15) is 17.5 Å². The van der Waals surface area contributed by atoms with E-state index in [1.54, 1.807) is 30.5 Å². The van der Waals surface area contributed by atoms with Gasteiger partial charge in [0, 0.05) is 21.4 Å². The lowest BCUT2D eigenvalue weighted by Crippen LogP contribution is -1.95. The highest BCUT2D eigenvalue weighted by molar-refractivity contribution is 5.99. The van der Waals surface area contributed by atoms with Gasteiger partial charge < -0.3 is 0 Å². The number of hydrogen-bond acceptors (Lipinski definition) is 3. The molecular weight excluding hydrogens is 287 g/mol. The summed E-state index contributed by atoms with van der Waals surface area (Å²) in [6.45, 7) is 0. The molecule has 3 rings (SSSR count). The monoisotopic (exact) mass is 294 g/mol. The largest absolute Gasteiger partial charge is 0.291 e. The molecule has 0 saturated heterocycles. The first-order valence-electron chi connectivity index (χ1n) is 6.12. The second-order valence-corrected chi connectivity index (χ2v) is 4.21. The predicted molar refractivity (Wildman–Crippen MR) is 78.6 cm³/mol. The van der Waals surface area contributed by atoms with E-state index < -0.39 is 5.82 Å². The SMILES string of the molecule is [N-]=[N+]=Nc1c(N=[N+]=[N-])n(-c2ccccn2)c2cccc(F)c12. The zero-order valence-corrected chi connectivity index (χ0v) is 11.0. The lowest BCUT2D eigenvalue weighted by molar-refractivity contribution is 0.640. The van der Waals surface area contributed by atoms with E-state index in [2.05, 4.69) is 25.0 Å². The van der Waals surface area contributed by atoms with Gasteiger partial charge in [-0.1, -0.05) is 17.2 Å². The Morgan fingerprint density at radius 2 is 1.86 bits per heavy atom. The van der Waals surface area contributed by atoms with E-state index in [0.29, 0.717) is 11.3 Å². The summed E-state index contributed by atoms with van der Waals surface area (Å²) in [5.74, 6) is -0.178. The van der Waals surface area contributed by atoms with Gasteiger partial charge in [-0.2, -0.15) is 0 Å². The van der Waals surface area contributed by atoms with Crippen molar-refractivity contribution in [2.24, 2.45) is 10.2 Å². The Morgan fingerprint density at radius 1 is 1.05 bits per heavy atom. The maximum atomic E-state index is 14.2. The van der Waals surface area contributed by atoms with E-state index in [9.17, 15) is 4.39 Å². The molecule has 0 bridgehead atoms. The van der Waals surface area contributed by atoms with E-state index in [0.717, 1.165) is 0 Å². The Bertz CT molecular complexity index is 949. The molecule has 0 amide bonds. The fraction of sp³-hybridized carbons (Fsp3) is 0. The number of nitrogens with zero attached hydrogens (tertiary/aromatic N) is 8. The number of pyridine rings is 1. The molecule has 2 aromatic heterocycles. The van der Waals surface area contributed by atoms with Crippen molar-refractivity contribution in [1.82, 2.24) is 9.55 Å². The molecule has 0 aliphatic rings. The summed E-state index contributed by atoms with van der Waals surface area (Å²) in [7, 11) is 0. The van der Waals surface area contributed by atoms with Gasteiger partial charge in [-0.3, -0.25) is 4.57 Å². The fourth-order valence-electron chi connectivity index (χ4n) is 2.26. The van der Waals surface area contributed by atoms with Gasteiger partial charge in [0.2, 0.25) is 0 Å². The molecule has 3 aromatic rings. The minimum absolute atomic E-state index is 0.0147. The third-order valence-corrected chi connectivity index (χ3v) is 3.06. The molecule has 8 nitrogen and oxygen atoms in total. The number of halogens is 1. The highest BCUT2D eigenvalue weighted by atomic mass is 19.1. The van der Waals surface area contributed by atoms with E-state index in [4.69, 9.17) is 11.1 Å². The first-order valence-corrected chi connectivity index (χ1v) is 6.12. The van der Waals surface area contributed by atoms with Gasteiger partial charge >= 0.3 is 0 Å². The van der Waals surface area contributed by atoms with Crippen LogP contribution in [0, 0.1) is 5.82 Å². The van der Waals surface area contributed by atoms with Gasteiger partial charge in [-0.05, 0) is 40.4 Å². The lowest BCUT2D eigenvalue weighted by Gasteiger charge is -2.06. The van der Waals surface area contributed by atoms with Gasteiger partial charge in [-0.25, -0.2) is 9.37 Å². The molecule has 0 N–H and O–H groups in total. The number of hydrogen-bond donors (Lipinski definition) is 0. The maximum absolute atomic E-state index is 14.2. The van der Waals surface area contributed by atoms with Crippen LogP contribution in [0.15, 0.2) is 52.8 Å². The van der Waals surface area contributed by atoms with Crippen molar-refractivity contribution >= 4 is 22.4 Å². The smallest absolute Gasteiger partial charge is 0.137 e. The van der Waals surface area contributed by atoms with Crippen molar-refractivity contribution in [1.29, 1.82) is 0 Å². The lowest BCUT2D eigenvalue weighted by atomic mass is 10.2. The van der Waals surface area contributed by atoms with Gasteiger partial charge in [0.15, 0.2) is 0 Å². The summed E-state index contributed by atoms with van der Waals surface area (Å²) in [6.07, 6.45) is 1.55. The molecule has 0 atom stereocenters. The molecule has 22 heavy (non-hydrogen) atoms. The molecule has 0 unspecified atom stereocenters. The van der Waals surface area contributed by atoms with Gasteiger partial charge in [0.25, 0.3) is 0 Å². The summed E-state index contributed by atoms with van der Waals surface area (Å²) in [4.78, 5) is 9.59. The van der Waals surface area contributed by atoms with Crippen LogP contribution in [0.1, 0.15) is 0 Å². The molecule has 0 radical (unpaired) electrons. The molecule has 0 aliphatic carbocycles. The van der Waals surface area contributed by atoms with Crippen molar-refractivity contribution in [3.8, 4) is 5.82 Å². The first-order chi connectivity index (χ1) is 10.8. The Balaban J connectivity index is 2.55. The van der Waals surface area contributed by atoms with Crippen molar-refractivity contribution in [2.75, 3.05) is 0 Å². The highest BCUT2D eigenvalue weighted by Gasteiger charge is 2.19. The average molecular weight is 294 g/mol. The Kier molecular flexibility index (Phi) is 3.33. The zero-order valence-electron chi connectivity index (χ0n) is 11.0. The van der Waals surface area contributed by atoms with Crippen LogP contribution >= 0.6 is 0 Å². The highest BCUT2D eigenvalue weighted by Crippen LogP contribution is 2.42. The quantitative estimate of drug-likeness (QED) is 0.375. The molecular formula is C13H7FN8. The van der Waals surface area contributed by atoms with Crippen molar-refractivity contribution < 1.29 is 4.39 Å². The second kappa shape index (κ2) is 5.45. The number of rotatable bonds is 3. The summed E-state index contributed by atoms with van der Waals surface area (Å²) in [5.41, 5.74) is 17.8. The van der Waals surface area contributed by atoms with Crippen LogP contribution in [-0.4, -0.2) is 9.55 Å². The molecule has 2 heterocycles. The van der Waals surface area contributed by atoms with Gasteiger partial charge in [-0.15, -0.1) is 0 Å². The van der Waals surface area contributed by atoms with Crippen LogP contribution in [0.5, 0.6) is 0 Å². The van der Waals surface area contributed by atoms with E-state index in [-0.39, 0.29) is 16.9 Å². The molecule has 106 valence electrons. The van der Waals surface area contributed by atoms with Crippen molar-refractivity contribution in [3.63, 3.8) is 0 Å². The molecule has 1 aromatic carbocycles. The van der Waals surface area contributed by atoms with Crippen LogP contribution in [0.3, 0.4) is 0 Å². The Hall–Kier alpha value is -3.54. The summed E-state index contributed by atoms with van der Waals surface area (Å²) >= 11 is 0. The third kappa shape index (κ3) is 1.99. The zero-order chi connectivity index (χ0) is 15.5. The number of benzene rings is 1. The van der Waals surface area contributed by atoms with Crippen LogP contribution in [0.4, 0.5) is 15.9 Å². The number of azide groups is 2. The summed E-state index contributed by atoms with van der Waals surface area (Å²) in [5, 5.41) is 7.12. The van der Waals surface area contributed by atoms with Crippen molar-refractivity contribution in [3.05, 3.63) is 69.3 Å². The summed E-state index contributed by atoms with van der Waals surface area (Å²) in [6, 6.07) is 9.50. The topological polar surface area (TPSA) is 115 Å². The standard InChI is InChI=1S/C13H7FN8/c14-8-4-3-5-9-11(8)12(18-20-15)13(19-21-16)22(9)10-6-1-2-7-17-10/h1-7H. The van der Waals surface area contributed by atoms with E-state index in [1.807, 2.05) is 0 Å². The second-order valence-electron chi connectivity index (χ2n) is 4.21. The normalized spacial score (nSPS) is 10.0. The minimum Gasteiger partial charge on any atom is -0.291 e. The Morgan fingerprint density at radius 3 is 2.55 bits per heavy atom. The predicted octanol–water partition coefficient (Wildman–Crippen LogP) is 5.05. The van der Waals surface area contributed by atoms with Crippen molar-refractivity contribution in [2.45, 2.75) is 0 Å². The van der Waals surface area contributed by atoms with Crippen LogP contribution in [0.2, 0.25) is 0 Å². The van der Waals surface area contributed by atoms with Crippen LogP contribution < -0.4 is 0 Å². The molecule has 0 spiro atoms. The molecule has 0 aliphatic heterocycles. The average Bonchev–Trinajstić information content (AvgIpc) is 2.84. The van der Waals surface area contributed by atoms with Gasteiger partial charge in [0.05, 0.1) is 11.2 Å². The fourth-order valence-corrected chi connectivity index (χ4v) is 2.26. The van der Waals surface area contributed by atoms with E-state index in [1.165, 1.54) is 16.7 Å². The first kappa shape index (κ1) is 13.4. The maximum Gasteiger partial charge on any atom is 0.137 e.